The molecule has 8 heteroatoms. The van der Waals surface area contributed by atoms with Gasteiger partial charge in [0.05, 0.1) is 16.6 Å². The van der Waals surface area contributed by atoms with Crippen molar-refractivity contribution in [3.63, 3.8) is 0 Å². The second-order valence-electron chi connectivity index (χ2n) is 8.00. The summed E-state index contributed by atoms with van der Waals surface area (Å²) in [4.78, 5) is 22.5. The van der Waals surface area contributed by atoms with Gasteiger partial charge >= 0.3 is 0 Å². The van der Waals surface area contributed by atoms with Crippen molar-refractivity contribution in [2.24, 2.45) is 5.92 Å². The van der Waals surface area contributed by atoms with Crippen LogP contribution < -0.4 is 9.80 Å². The number of nitrogens with zero attached hydrogens (tertiary/aromatic N) is 6. The summed E-state index contributed by atoms with van der Waals surface area (Å²) >= 11 is 0. The first-order chi connectivity index (χ1) is 14.6. The van der Waals surface area contributed by atoms with Gasteiger partial charge < -0.3 is 9.80 Å². The lowest BCUT2D eigenvalue weighted by atomic mass is 9.96. The third kappa shape index (κ3) is 4.52. The number of hydrogen-bond donors (Lipinski definition) is 0. The van der Waals surface area contributed by atoms with Crippen molar-refractivity contribution in [3.8, 4) is 6.07 Å². The minimum absolute atomic E-state index is 0.0266. The van der Waals surface area contributed by atoms with Crippen LogP contribution in [0.4, 0.5) is 17.2 Å². The van der Waals surface area contributed by atoms with Crippen LogP contribution in [0.25, 0.3) is 0 Å². The maximum atomic E-state index is 11.5. The lowest BCUT2D eigenvalue weighted by molar-refractivity contribution is -0.384. The van der Waals surface area contributed by atoms with E-state index < -0.39 is 0 Å². The van der Waals surface area contributed by atoms with E-state index in [0.717, 1.165) is 64.5 Å². The first-order valence-corrected chi connectivity index (χ1v) is 10.5. The smallest absolute Gasteiger partial charge is 0.293 e. The Hall–Kier alpha value is -3.18. The van der Waals surface area contributed by atoms with E-state index in [4.69, 9.17) is 5.26 Å². The largest absolute Gasteiger partial charge is 0.366 e. The minimum atomic E-state index is -0.378. The van der Waals surface area contributed by atoms with E-state index in [-0.39, 0.29) is 10.6 Å². The number of hydrogen-bond acceptors (Lipinski definition) is 7. The van der Waals surface area contributed by atoms with Gasteiger partial charge in [0.2, 0.25) is 0 Å². The Morgan fingerprint density at radius 3 is 2.67 bits per heavy atom. The molecule has 2 saturated heterocycles. The fraction of sp³-hybridized carbons (Fsp3) is 0.455. The van der Waals surface area contributed by atoms with Gasteiger partial charge in [-0.15, -0.1) is 0 Å². The number of aromatic nitrogens is 1. The molecule has 1 unspecified atom stereocenters. The zero-order valence-electron chi connectivity index (χ0n) is 17.0. The molecule has 1 atom stereocenters. The summed E-state index contributed by atoms with van der Waals surface area (Å²) < 4.78 is 0. The molecule has 0 spiro atoms. The highest BCUT2D eigenvalue weighted by Gasteiger charge is 2.28. The normalized spacial score (nSPS) is 20.0. The second-order valence-corrected chi connectivity index (χ2v) is 8.00. The molecular weight excluding hydrogens is 380 g/mol. The quantitative estimate of drug-likeness (QED) is 0.557. The molecule has 2 aromatic rings. The maximum Gasteiger partial charge on any atom is 0.293 e. The first-order valence-electron chi connectivity index (χ1n) is 10.5. The van der Waals surface area contributed by atoms with Crippen LogP contribution in [0.5, 0.6) is 0 Å². The standard InChI is InChI=1S/C22H26N6O2/c23-15-18-6-7-20(21(14-18)28(29)30)27-9-3-4-19(17-27)16-25-10-12-26(13-11-25)22-5-1-2-8-24-22/h1-2,5-8,14,19H,3-4,9-13,16-17H2. The molecule has 0 saturated carbocycles. The van der Waals surface area contributed by atoms with Gasteiger partial charge in [-0.1, -0.05) is 6.07 Å². The summed E-state index contributed by atoms with van der Waals surface area (Å²) in [5.41, 5.74) is 0.979. The zero-order chi connectivity index (χ0) is 20.9. The average molecular weight is 406 g/mol. The van der Waals surface area contributed by atoms with Crippen LogP contribution in [-0.4, -0.2) is 60.6 Å². The Morgan fingerprint density at radius 2 is 1.97 bits per heavy atom. The van der Waals surface area contributed by atoms with E-state index in [1.54, 1.807) is 12.1 Å². The van der Waals surface area contributed by atoms with E-state index >= 15 is 0 Å². The first kappa shape index (κ1) is 20.1. The third-order valence-corrected chi connectivity index (χ3v) is 6.02. The van der Waals surface area contributed by atoms with Crippen LogP contribution in [0.3, 0.4) is 0 Å². The highest BCUT2D eigenvalue weighted by molar-refractivity contribution is 5.65. The fourth-order valence-corrected chi connectivity index (χ4v) is 4.51. The van der Waals surface area contributed by atoms with Crippen LogP contribution in [0.2, 0.25) is 0 Å². The van der Waals surface area contributed by atoms with E-state index in [0.29, 0.717) is 17.2 Å². The van der Waals surface area contributed by atoms with E-state index in [2.05, 4.69) is 25.8 Å². The second kappa shape index (κ2) is 9.09. The number of rotatable bonds is 5. The highest BCUT2D eigenvalue weighted by Crippen LogP contribution is 2.32. The summed E-state index contributed by atoms with van der Waals surface area (Å²) in [6.07, 6.45) is 4.00. The van der Waals surface area contributed by atoms with Crippen molar-refractivity contribution in [1.29, 1.82) is 5.26 Å². The molecule has 2 aliphatic heterocycles. The van der Waals surface area contributed by atoms with Crippen molar-refractivity contribution in [3.05, 3.63) is 58.3 Å². The molecule has 156 valence electrons. The molecule has 30 heavy (non-hydrogen) atoms. The van der Waals surface area contributed by atoms with Crippen molar-refractivity contribution < 1.29 is 4.92 Å². The van der Waals surface area contributed by atoms with Crippen LogP contribution in [0.15, 0.2) is 42.6 Å². The van der Waals surface area contributed by atoms with Crippen molar-refractivity contribution in [2.75, 3.05) is 55.6 Å². The predicted octanol–water partition coefficient (Wildman–Crippen LogP) is 2.90. The Morgan fingerprint density at radius 1 is 1.13 bits per heavy atom. The zero-order valence-corrected chi connectivity index (χ0v) is 17.0. The van der Waals surface area contributed by atoms with E-state index in [9.17, 15) is 10.1 Å². The van der Waals surface area contributed by atoms with E-state index in [1.807, 2.05) is 24.4 Å². The Bertz CT molecular complexity index is 921. The number of nitro benzene ring substituents is 1. The monoisotopic (exact) mass is 406 g/mol. The molecule has 0 radical (unpaired) electrons. The van der Waals surface area contributed by atoms with Gasteiger partial charge in [0, 0.05) is 58.1 Å². The molecule has 0 N–H and O–H groups in total. The molecule has 0 aliphatic carbocycles. The van der Waals surface area contributed by atoms with Gasteiger partial charge in [0.25, 0.3) is 5.69 Å². The summed E-state index contributed by atoms with van der Waals surface area (Å²) in [6, 6.07) is 12.8. The molecule has 8 nitrogen and oxygen atoms in total. The molecule has 2 aliphatic rings. The molecular formula is C22H26N6O2. The van der Waals surface area contributed by atoms with Gasteiger partial charge in [-0.25, -0.2) is 4.98 Å². The predicted molar refractivity (Wildman–Crippen MR) is 116 cm³/mol. The molecule has 0 amide bonds. The number of pyridine rings is 1. The van der Waals surface area contributed by atoms with Crippen LogP contribution in [0, 0.1) is 27.4 Å². The van der Waals surface area contributed by atoms with E-state index in [1.165, 1.54) is 6.07 Å². The number of anilines is 2. The molecule has 4 rings (SSSR count). The molecule has 3 heterocycles. The van der Waals surface area contributed by atoms with Gasteiger partial charge in [0.15, 0.2) is 0 Å². The number of piperidine rings is 1. The highest BCUT2D eigenvalue weighted by atomic mass is 16.6. The van der Waals surface area contributed by atoms with Gasteiger partial charge in [-0.2, -0.15) is 5.26 Å². The Kier molecular flexibility index (Phi) is 6.10. The topological polar surface area (TPSA) is 89.5 Å². The lowest BCUT2D eigenvalue weighted by Gasteiger charge is -2.40. The number of benzene rings is 1. The third-order valence-electron chi connectivity index (χ3n) is 6.02. The maximum absolute atomic E-state index is 11.5. The molecule has 1 aromatic carbocycles. The number of piperazine rings is 1. The SMILES string of the molecule is N#Cc1ccc(N2CCCC(CN3CCN(c4ccccn4)CC3)C2)c([N+](=O)[O-])c1. The number of nitriles is 1. The van der Waals surface area contributed by atoms with Gasteiger partial charge in [-0.3, -0.25) is 15.0 Å². The van der Waals surface area contributed by atoms with Crippen molar-refractivity contribution in [2.45, 2.75) is 12.8 Å². The van der Waals surface area contributed by atoms with Crippen molar-refractivity contribution >= 4 is 17.2 Å². The Labute approximate surface area is 176 Å². The molecule has 0 bridgehead atoms. The molecule has 1 aromatic heterocycles. The van der Waals surface area contributed by atoms with Crippen LogP contribution >= 0.6 is 0 Å². The average Bonchev–Trinajstić information content (AvgIpc) is 2.80. The van der Waals surface area contributed by atoms with Crippen LogP contribution in [-0.2, 0) is 0 Å². The number of nitro groups is 1. The lowest BCUT2D eigenvalue weighted by Crippen LogP contribution is -2.50. The minimum Gasteiger partial charge on any atom is -0.366 e. The summed E-state index contributed by atoms with van der Waals surface area (Å²) in [5.74, 6) is 1.52. The Balaban J connectivity index is 1.36. The van der Waals surface area contributed by atoms with Gasteiger partial charge in [-0.05, 0) is 43.0 Å². The van der Waals surface area contributed by atoms with Gasteiger partial charge in [0.1, 0.15) is 11.5 Å². The summed E-state index contributed by atoms with van der Waals surface area (Å²) in [5, 5.41) is 20.6. The summed E-state index contributed by atoms with van der Waals surface area (Å²) in [6.45, 7) is 6.58. The fourth-order valence-electron chi connectivity index (χ4n) is 4.51. The van der Waals surface area contributed by atoms with Crippen LogP contribution in [0.1, 0.15) is 18.4 Å². The van der Waals surface area contributed by atoms with Crippen molar-refractivity contribution in [1.82, 2.24) is 9.88 Å². The summed E-state index contributed by atoms with van der Waals surface area (Å²) in [7, 11) is 0. The molecule has 2 fully saturated rings.